The third kappa shape index (κ3) is 3.89. The van der Waals surface area contributed by atoms with Crippen LogP contribution >= 0.6 is 0 Å². The highest BCUT2D eigenvalue weighted by Gasteiger charge is 2.31. The van der Waals surface area contributed by atoms with Crippen LogP contribution in [0.5, 0.6) is 0 Å². The van der Waals surface area contributed by atoms with E-state index in [1.54, 1.807) is 0 Å². The maximum Gasteiger partial charge on any atom is 0.324 e. The lowest BCUT2D eigenvalue weighted by Gasteiger charge is -2.11. The Morgan fingerprint density at radius 1 is 1.12 bits per heavy atom. The lowest BCUT2D eigenvalue weighted by Crippen LogP contribution is -2.37. The molecule has 0 saturated carbocycles. The van der Waals surface area contributed by atoms with Crippen molar-refractivity contribution in [3.05, 3.63) is 59.9 Å². The van der Waals surface area contributed by atoms with Crippen LogP contribution in [0.4, 0.5) is 10.1 Å². The van der Waals surface area contributed by atoms with Crippen molar-refractivity contribution in [3.63, 3.8) is 0 Å². The molecule has 3 rings (SSSR count). The Morgan fingerprint density at radius 3 is 2.42 bits per heavy atom. The molecule has 2 aromatic rings. The van der Waals surface area contributed by atoms with Crippen molar-refractivity contribution >= 4 is 27.6 Å². The van der Waals surface area contributed by atoms with Gasteiger partial charge in [0.2, 0.25) is 10.0 Å². The molecule has 1 heterocycles. The summed E-state index contributed by atoms with van der Waals surface area (Å²) in [7, 11) is -3.90. The van der Waals surface area contributed by atoms with Gasteiger partial charge in [-0.05, 0) is 36.4 Å². The largest absolute Gasteiger partial charge is 0.464 e. The highest BCUT2D eigenvalue weighted by molar-refractivity contribution is 7.89. The van der Waals surface area contributed by atoms with E-state index >= 15 is 0 Å². The molecule has 26 heavy (non-hydrogen) atoms. The van der Waals surface area contributed by atoms with Gasteiger partial charge in [-0.3, -0.25) is 9.59 Å². The molecule has 0 aromatic heterocycles. The second-order valence-electron chi connectivity index (χ2n) is 5.59. The molecule has 2 N–H and O–H groups in total. The summed E-state index contributed by atoms with van der Waals surface area (Å²) in [6, 6.07) is 9.92. The van der Waals surface area contributed by atoms with Crippen molar-refractivity contribution in [1.29, 1.82) is 0 Å². The van der Waals surface area contributed by atoms with Crippen LogP contribution in [0.15, 0.2) is 53.4 Å². The van der Waals surface area contributed by atoms with Gasteiger partial charge >= 0.3 is 5.97 Å². The molecule has 0 radical (unpaired) electrons. The third-order valence-corrected chi connectivity index (χ3v) is 5.26. The molecule has 9 heteroatoms. The average Bonchev–Trinajstić information content (AvgIpc) is 3.00. The minimum absolute atomic E-state index is 0.0684. The molecule has 136 valence electrons. The molecule has 2 aromatic carbocycles. The zero-order valence-electron chi connectivity index (χ0n) is 13.4. The average molecular weight is 378 g/mol. The van der Waals surface area contributed by atoms with E-state index in [1.807, 2.05) is 0 Å². The molecule has 0 bridgehead atoms. The molecular weight excluding hydrogens is 363 g/mol. The molecule has 1 saturated heterocycles. The van der Waals surface area contributed by atoms with Crippen LogP contribution in [-0.2, 0) is 19.6 Å². The first kappa shape index (κ1) is 18.0. The molecule has 0 unspecified atom stereocenters. The highest BCUT2D eigenvalue weighted by atomic mass is 32.2. The maximum absolute atomic E-state index is 13.6. The summed E-state index contributed by atoms with van der Waals surface area (Å²) in [5.41, 5.74) is 0.183. The fourth-order valence-corrected chi connectivity index (χ4v) is 3.64. The minimum atomic E-state index is -3.90. The number of amides is 1. The molecule has 1 fully saturated rings. The number of ether oxygens (including phenoxy) is 1. The number of carbonyl (C=O) groups excluding carboxylic acids is 2. The van der Waals surface area contributed by atoms with Gasteiger partial charge in [0, 0.05) is 12.1 Å². The SMILES string of the molecule is O=C(Nc1ccc(S(=O)(=O)N[C@@H]2CCOC2=O)cc1)c1ccccc1F. The molecule has 1 amide bonds. The van der Waals surface area contributed by atoms with E-state index in [1.165, 1.54) is 48.5 Å². The number of hydrogen-bond acceptors (Lipinski definition) is 5. The molecule has 7 nitrogen and oxygen atoms in total. The Hall–Kier alpha value is -2.78. The predicted molar refractivity (Wildman–Crippen MR) is 90.5 cm³/mol. The van der Waals surface area contributed by atoms with Gasteiger partial charge < -0.3 is 10.1 Å². The maximum atomic E-state index is 13.6. The van der Waals surface area contributed by atoms with E-state index in [0.717, 1.165) is 0 Å². The number of carbonyl (C=O) groups is 2. The summed E-state index contributed by atoms with van der Waals surface area (Å²) in [4.78, 5) is 23.4. The summed E-state index contributed by atoms with van der Waals surface area (Å²) in [6.07, 6.45) is 0.273. The number of anilines is 1. The Kier molecular flexibility index (Phi) is 5.01. The number of esters is 1. The second-order valence-corrected chi connectivity index (χ2v) is 7.30. The first-order chi connectivity index (χ1) is 12.4. The van der Waals surface area contributed by atoms with Crippen molar-refractivity contribution in [2.75, 3.05) is 11.9 Å². The second kappa shape index (κ2) is 7.22. The minimum Gasteiger partial charge on any atom is -0.464 e. The zero-order chi connectivity index (χ0) is 18.7. The molecule has 0 spiro atoms. The Bertz CT molecular complexity index is 944. The predicted octanol–water partition coefficient (Wildman–Crippen LogP) is 1.67. The monoisotopic (exact) mass is 378 g/mol. The van der Waals surface area contributed by atoms with Crippen LogP contribution in [0.1, 0.15) is 16.8 Å². The number of sulfonamides is 1. The van der Waals surface area contributed by atoms with Gasteiger partial charge in [0.1, 0.15) is 11.9 Å². The van der Waals surface area contributed by atoms with Crippen molar-refractivity contribution in [2.24, 2.45) is 0 Å². The van der Waals surface area contributed by atoms with Crippen molar-refractivity contribution in [3.8, 4) is 0 Å². The first-order valence-electron chi connectivity index (χ1n) is 7.72. The van der Waals surface area contributed by atoms with Crippen molar-refractivity contribution in [1.82, 2.24) is 4.72 Å². The van der Waals surface area contributed by atoms with Gasteiger partial charge in [0.15, 0.2) is 0 Å². The van der Waals surface area contributed by atoms with Crippen molar-refractivity contribution in [2.45, 2.75) is 17.4 Å². The van der Waals surface area contributed by atoms with Crippen LogP contribution in [0.2, 0.25) is 0 Å². The summed E-state index contributed by atoms with van der Waals surface area (Å²) in [5.74, 6) is -1.91. The number of rotatable bonds is 5. The number of halogens is 1. The van der Waals surface area contributed by atoms with Crippen LogP contribution in [-0.4, -0.2) is 32.9 Å². The van der Waals surface area contributed by atoms with Crippen LogP contribution in [0, 0.1) is 5.82 Å². The lowest BCUT2D eigenvalue weighted by molar-refractivity contribution is -0.139. The van der Waals surface area contributed by atoms with Gasteiger partial charge in [0.05, 0.1) is 17.1 Å². The van der Waals surface area contributed by atoms with E-state index in [-0.39, 0.29) is 23.5 Å². The summed E-state index contributed by atoms with van der Waals surface area (Å²) < 4.78 is 45.2. The third-order valence-electron chi connectivity index (χ3n) is 3.77. The Balaban J connectivity index is 1.71. The van der Waals surface area contributed by atoms with E-state index in [9.17, 15) is 22.4 Å². The van der Waals surface area contributed by atoms with Gasteiger partial charge in [-0.2, -0.15) is 4.72 Å². The van der Waals surface area contributed by atoms with E-state index in [2.05, 4.69) is 10.0 Å². The fraction of sp³-hybridized carbons (Fsp3) is 0.176. The van der Waals surface area contributed by atoms with Crippen LogP contribution in [0.3, 0.4) is 0 Å². The quantitative estimate of drug-likeness (QED) is 0.771. The summed E-state index contributed by atoms with van der Waals surface area (Å²) in [6.45, 7) is 0.174. The van der Waals surface area contributed by atoms with Gasteiger partial charge in [-0.25, -0.2) is 12.8 Å². The van der Waals surface area contributed by atoms with E-state index < -0.39 is 33.8 Å². The van der Waals surface area contributed by atoms with E-state index in [0.29, 0.717) is 5.69 Å². The normalized spacial score (nSPS) is 17.0. The van der Waals surface area contributed by atoms with Crippen molar-refractivity contribution < 1.29 is 27.1 Å². The number of hydrogen-bond donors (Lipinski definition) is 2. The first-order valence-corrected chi connectivity index (χ1v) is 9.20. The Labute approximate surface area is 149 Å². The topological polar surface area (TPSA) is 102 Å². The van der Waals surface area contributed by atoms with Gasteiger partial charge in [-0.15, -0.1) is 0 Å². The summed E-state index contributed by atoms with van der Waals surface area (Å²) >= 11 is 0. The van der Waals surface area contributed by atoms with Crippen LogP contribution in [0.25, 0.3) is 0 Å². The lowest BCUT2D eigenvalue weighted by atomic mass is 10.2. The Morgan fingerprint density at radius 2 is 1.81 bits per heavy atom. The fourth-order valence-electron chi connectivity index (χ4n) is 2.42. The summed E-state index contributed by atoms with van der Waals surface area (Å²) in [5, 5.41) is 2.49. The number of nitrogens with one attached hydrogen (secondary N) is 2. The van der Waals surface area contributed by atoms with Crippen LogP contribution < -0.4 is 10.0 Å². The number of benzene rings is 2. The number of cyclic esters (lactones) is 1. The molecule has 1 aliphatic rings. The molecule has 1 aliphatic heterocycles. The highest BCUT2D eigenvalue weighted by Crippen LogP contribution is 2.17. The molecule has 0 aliphatic carbocycles. The standard InChI is InChI=1S/C17H15FN2O5S/c18-14-4-2-1-3-13(14)16(21)19-11-5-7-12(8-6-11)26(23,24)20-15-9-10-25-17(15)22/h1-8,15,20H,9-10H2,(H,19,21)/t15-/m1/s1. The molecule has 1 atom stereocenters. The smallest absolute Gasteiger partial charge is 0.324 e. The van der Waals surface area contributed by atoms with Gasteiger partial charge in [0.25, 0.3) is 5.91 Å². The zero-order valence-corrected chi connectivity index (χ0v) is 14.3. The van der Waals surface area contributed by atoms with Gasteiger partial charge in [-0.1, -0.05) is 12.1 Å². The van der Waals surface area contributed by atoms with E-state index in [4.69, 9.17) is 4.74 Å². The molecular formula is C17H15FN2O5S.